The third-order valence-corrected chi connectivity index (χ3v) is 3.44. The van der Waals surface area contributed by atoms with Gasteiger partial charge in [-0.15, -0.1) is 0 Å². The number of nitrogens with two attached hydrogens (primary N) is 1. The summed E-state index contributed by atoms with van der Waals surface area (Å²) in [4.78, 5) is 24.9. The van der Waals surface area contributed by atoms with Gasteiger partial charge in [0.2, 0.25) is 0 Å². The lowest BCUT2D eigenvalue weighted by molar-refractivity contribution is -0.151. The molecule has 0 bridgehead atoms. The van der Waals surface area contributed by atoms with Crippen LogP contribution in [0, 0.1) is 0 Å². The SMILES string of the molecule is CN(C(=O)COC(=O)CCc1ccc(N)cc1)C1CC1. The van der Waals surface area contributed by atoms with Crippen molar-refractivity contribution in [1.82, 2.24) is 4.90 Å². The van der Waals surface area contributed by atoms with E-state index < -0.39 is 0 Å². The number of rotatable bonds is 6. The van der Waals surface area contributed by atoms with Crippen LogP contribution in [0.4, 0.5) is 5.69 Å². The third kappa shape index (κ3) is 4.26. The number of ether oxygens (including phenoxy) is 1. The Bertz CT molecular complexity index is 480. The van der Waals surface area contributed by atoms with Crippen LogP contribution in [0.15, 0.2) is 24.3 Å². The van der Waals surface area contributed by atoms with E-state index in [9.17, 15) is 9.59 Å². The third-order valence-electron chi connectivity index (χ3n) is 3.44. The van der Waals surface area contributed by atoms with Gasteiger partial charge in [0, 0.05) is 25.2 Å². The number of hydrogen-bond donors (Lipinski definition) is 1. The van der Waals surface area contributed by atoms with Crippen molar-refractivity contribution in [3.05, 3.63) is 29.8 Å². The van der Waals surface area contributed by atoms with Crippen molar-refractivity contribution in [3.63, 3.8) is 0 Å². The van der Waals surface area contributed by atoms with Crippen molar-refractivity contribution in [1.29, 1.82) is 0 Å². The van der Waals surface area contributed by atoms with Crippen LogP contribution >= 0.6 is 0 Å². The van der Waals surface area contributed by atoms with Crippen LogP contribution in [0.5, 0.6) is 0 Å². The molecular weight excluding hydrogens is 256 g/mol. The number of carbonyl (C=O) groups excluding carboxylic acids is 2. The fourth-order valence-corrected chi connectivity index (χ4v) is 1.91. The highest BCUT2D eigenvalue weighted by Crippen LogP contribution is 2.25. The van der Waals surface area contributed by atoms with Crippen molar-refractivity contribution in [3.8, 4) is 0 Å². The number of esters is 1. The molecule has 5 nitrogen and oxygen atoms in total. The Balaban J connectivity index is 1.67. The molecule has 5 heteroatoms. The summed E-state index contributed by atoms with van der Waals surface area (Å²) < 4.78 is 4.99. The largest absolute Gasteiger partial charge is 0.456 e. The lowest BCUT2D eigenvalue weighted by Crippen LogP contribution is -2.32. The molecule has 2 rings (SSSR count). The van der Waals surface area contributed by atoms with Crippen LogP contribution < -0.4 is 5.73 Å². The van der Waals surface area contributed by atoms with E-state index in [1.165, 1.54) is 0 Å². The molecule has 0 atom stereocenters. The van der Waals surface area contributed by atoms with E-state index in [1.807, 2.05) is 12.1 Å². The standard InChI is InChI=1S/C15H20N2O3/c1-17(13-7-8-13)14(18)10-20-15(19)9-4-11-2-5-12(16)6-3-11/h2-3,5-6,13H,4,7-10,16H2,1H3. The zero-order valence-corrected chi connectivity index (χ0v) is 11.7. The molecule has 0 aromatic heterocycles. The van der Waals surface area contributed by atoms with Gasteiger partial charge in [0.15, 0.2) is 6.61 Å². The van der Waals surface area contributed by atoms with Gasteiger partial charge < -0.3 is 15.4 Å². The number of anilines is 1. The summed E-state index contributed by atoms with van der Waals surface area (Å²) in [5.74, 6) is -0.479. The molecule has 1 aliphatic carbocycles. The number of benzene rings is 1. The highest BCUT2D eigenvalue weighted by molar-refractivity contribution is 5.81. The number of amides is 1. The lowest BCUT2D eigenvalue weighted by Gasteiger charge is -2.15. The Morgan fingerprint density at radius 2 is 1.95 bits per heavy atom. The molecule has 1 saturated carbocycles. The summed E-state index contributed by atoms with van der Waals surface area (Å²) in [5, 5.41) is 0. The van der Waals surface area contributed by atoms with Crippen LogP contribution in [0.3, 0.4) is 0 Å². The maximum atomic E-state index is 11.7. The topological polar surface area (TPSA) is 72.6 Å². The molecule has 0 spiro atoms. The molecule has 2 N–H and O–H groups in total. The zero-order valence-electron chi connectivity index (χ0n) is 11.7. The van der Waals surface area contributed by atoms with Gasteiger partial charge in [0.25, 0.3) is 5.91 Å². The van der Waals surface area contributed by atoms with Gasteiger partial charge in [-0.3, -0.25) is 9.59 Å². The van der Waals surface area contributed by atoms with Gasteiger partial charge in [-0.2, -0.15) is 0 Å². The summed E-state index contributed by atoms with van der Waals surface area (Å²) >= 11 is 0. The van der Waals surface area contributed by atoms with Crippen LogP contribution in [0.25, 0.3) is 0 Å². The van der Waals surface area contributed by atoms with Gasteiger partial charge in [0.1, 0.15) is 0 Å². The number of nitrogens with zero attached hydrogens (tertiary/aromatic N) is 1. The first-order valence-electron chi connectivity index (χ1n) is 6.82. The molecule has 1 fully saturated rings. The molecule has 0 radical (unpaired) electrons. The molecule has 108 valence electrons. The molecule has 20 heavy (non-hydrogen) atoms. The van der Waals surface area contributed by atoms with E-state index in [0.717, 1.165) is 18.4 Å². The van der Waals surface area contributed by atoms with Crippen LogP contribution in [0.1, 0.15) is 24.8 Å². The van der Waals surface area contributed by atoms with E-state index in [-0.39, 0.29) is 24.9 Å². The molecule has 0 saturated heterocycles. The normalized spacial score (nSPS) is 13.8. The minimum Gasteiger partial charge on any atom is -0.456 e. The summed E-state index contributed by atoms with van der Waals surface area (Å²) in [6.45, 7) is -0.159. The monoisotopic (exact) mass is 276 g/mol. The first-order valence-corrected chi connectivity index (χ1v) is 6.82. The second-order valence-corrected chi connectivity index (χ2v) is 5.14. The number of likely N-dealkylation sites (N-methyl/N-ethyl adjacent to an activating group) is 1. The molecule has 1 aliphatic rings. The summed E-state index contributed by atoms with van der Waals surface area (Å²) in [6.07, 6.45) is 2.96. The van der Waals surface area contributed by atoms with Gasteiger partial charge in [-0.1, -0.05) is 12.1 Å². The van der Waals surface area contributed by atoms with E-state index >= 15 is 0 Å². The van der Waals surface area contributed by atoms with Crippen molar-refractivity contribution in [2.24, 2.45) is 0 Å². The second kappa shape index (κ2) is 6.41. The number of nitrogen functional groups attached to an aromatic ring is 1. The average molecular weight is 276 g/mol. The van der Waals surface area contributed by atoms with E-state index in [2.05, 4.69) is 0 Å². The predicted octanol–water partition coefficient (Wildman–Crippen LogP) is 1.37. The van der Waals surface area contributed by atoms with Crippen molar-refractivity contribution >= 4 is 17.6 Å². The van der Waals surface area contributed by atoms with Crippen LogP contribution in [0.2, 0.25) is 0 Å². The predicted molar refractivity (Wildman–Crippen MR) is 75.9 cm³/mol. The molecule has 0 heterocycles. The quantitative estimate of drug-likeness (QED) is 0.629. The van der Waals surface area contributed by atoms with Gasteiger partial charge >= 0.3 is 5.97 Å². The first-order chi connectivity index (χ1) is 9.56. The maximum absolute atomic E-state index is 11.7. The minimum atomic E-state index is -0.348. The Morgan fingerprint density at radius 1 is 1.30 bits per heavy atom. The van der Waals surface area contributed by atoms with Gasteiger partial charge in [0.05, 0.1) is 0 Å². The molecule has 1 amide bonds. The molecule has 0 unspecified atom stereocenters. The summed E-state index contributed by atoms with van der Waals surface area (Å²) in [6, 6.07) is 7.71. The number of carbonyl (C=O) groups is 2. The lowest BCUT2D eigenvalue weighted by atomic mass is 10.1. The Morgan fingerprint density at radius 3 is 2.55 bits per heavy atom. The zero-order chi connectivity index (χ0) is 14.5. The molecule has 0 aliphatic heterocycles. The second-order valence-electron chi connectivity index (χ2n) is 5.14. The number of hydrogen-bond acceptors (Lipinski definition) is 4. The number of aryl methyl sites for hydroxylation is 1. The van der Waals surface area contributed by atoms with Crippen LogP contribution in [-0.4, -0.2) is 36.5 Å². The van der Waals surface area contributed by atoms with E-state index in [0.29, 0.717) is 18.2 Å². The first kappa shape index (κ1) is 14.4. The molecule has 1 aromatic rings. The maximum Gasteiger partial charge on any atom is 0.306 e. The summed E-state index contributed by atoms with van der Waals surface area (Å²) in [7, 11) is 1.75. The van der Waals surface area contributed by atoms with E-state index in [1.54, 1.807) is 24.1 Å². The van der Waals surface area contributed by atoms with Gasteiger partial charge in [-0.05, 0) is 37.0 Å². The Hall–Kier alpha value is -2.04. The molecular formula is C15H20N2O3. The van der Waals surface area contributed by atoms with Crippen molar-refractivity contribution in [2.75, 3.05) is 19.4 Å². The highest BCUT2D eigenvalue weighted by Gasteiger charge is 2.29. The van der Waals surface area contributed by atoms with Crippen LogP contribution in [-0.2, 0) is 20.7 Å². The molecule has 1 aromatic carbocycles. The Kier molecular flexibility index (Phi) is 4.61. The summed E-state index contributed by atoms with van der Waals surface area (Å²) in [5.41, 5.74) is 7.31. The van der Waals surface area contributed by atoms with Crippen molar-refractivity contribution < 1.29 is 14.3 Å². The highest BCUT2D eigenvalue weighted by atomic mass is 16.5. The fraction of sp³-hybridized carbons (Fsp3) is 0.467. The Labute approximate surface area is 118 Å². The smallest absolute Gasteiger partial charge is 0.306 e. The average Bonchev–Trinajstić information content (AvgIpc) is 3.28. The fourth-order valence-electron chi connectivity index (χ4n) is 1.91. The van der Waals surface area contributed by atoms with Crippen molar-refractivity contribution in [2.45, 2.75) is 31.7 Å². The minimum absolute atomic E-state index is 0.131. The van der Waals surface area contributed by atoms with Gasteiger partial charge in [-0.25, -0.2) is 0 Å². The van der Waals surface area contributed by atoms with E-state index in [4.69, 9.17) is 10.5 Å².